The second kappa shape index (κ2) is 13.1. The molecule has 1 unspecified atom stereocenters. The summed E-state index contributed by atoms with van der Waals surface area (Å²) in [6.07, 6.45) is 4.60. The number of halogens is 2. The lowest BCUT2D eigenvalue weighted by atomic mass is 9.91. The van der Waals surface area contributed by atoms with Crippen molar-refractivity contribution in [1.82, 2.24) is 0 Å². The molecule has 0 saturated carbocycles. The lowest BCUT2D eigenvalue weighted by Crippen LogP contribution is -2.35. The molecule has 1 amide bonds. The van der Waals surface area contributed by atoms with E-state index in [1.54, 1.807) is 63.2 Å². The normalized spacial score (nSPS) is 15.6. The van der Waals surface area contributed by atoms with Crippen LogP contribution in [0.4, 0.5) is 11.4 Å². The number of anilines is 2. The van der Waals surface area contributed by atoms with Crippen molar-refractivity contribution < 1.29 is 23.9 Å². The van der Waals surface area contributed by atoms with Gasteiger partial charge in [0.05, 0.1) is 5.02 Å². The van der Waals surface area contributed by atoms with E-state index < -0.39 is 29.5 Å². The molecular weight excluding hydrogens is 563 g/mol. The van der Waals surface area contributed by atoms with Crippen LogP contribution in [-0.4, -0.2) is 29.5 Å². The van der Waals surface area contributed by atoms with E-state index in [9.17, 15) is 14.4 Å². The third-order valence-corrected chi connectivity index (χ3v) is 6.46. The summed E-state index contributed by atoms with van der Waals surface area (Å²) < 4.78 is 10.8. The minimum atomic E-state index is -0.740. The van der Waals surface area contributed by atoms with Crippen LogP contribution < -0.4 is 10.6 Å². The fourth-order valence-electron chi connectivity index (χ4n) is 4.19. The number of amides is 1. The van der Waals surface area contributed by atoms with Gasteiger partial charge in [-0.3, -0.25) is 4.79 Å². The first-order valence-corrected chi connectivity index (χ1v) is 13.7. The molecule has 0 fully saturated rings. The quantitative estimate of drug-likeness (QED) is 0.221. The second-order valence-corrected chi connectivity index (χ2v) is 11.3. The molecule has 3 aromatic rings. The summed E-state index contributed by atoms with van der Waals surface area (Å²) in [7, 11) is 0. The molecule has 7 nitrogen and oxygen atoms in total. The number of carbonyl (C=O) groups excluding carboxylic acids is 3. The highest BCUT2D eigenvalue weighted by molar-refractivity contribution is 6.36. The van der Waals surface area contributed by atoms with E-state index in [-0.39, 0.29) is 13.0 Å². The number of nitrogens with one attached hydrogen (secondary N) is 2. The van der Waals surface area contributed by atoms with Gasteiger partial charge in [-0.05, 0) is 67.8 Å². The van der Waals surface area contributed by atoms with E-state index in [2.05, 4.69) is 10.6 Å². The summed E-state index contributed by atoms with van der Waals surface area (Å²) in [5.41, 5.74) is 3.31. The molecule has 212 valence electrons. The Labute approximate surface area is 249 Å². The molecule has 1 aliphatic rings. The molecule has 1 atom stereocenters. The topological polar surface area (TPSA) is 93.7 Å². The van der Waals surface area contributed by atoms with Gasteiger partial charge in [0.15, 0.2) is 0 Å². The van der Waals surface area contributed by atoms with Crippen molar-refractivity contribution in [2.45, 2.75) is 45.4 Å². The molecule has 3 aromatic carbocycles. The van der Waals surface area contributed by atoms with Gasteiger partial charge in [-0.25, -0.2) is 9.59 Å². The SMILES string of the molecule is CC(C)(C)OC(=O)/C=C/c1ccc(NC(=O)/C=C2\CC(C(=O)OCc3ccccc3)Nc3cc(Cl)cc(Cl)c32)cc1. The third kappa shape index (κ3) is 8.71. The van der Waals surface area contributed by atoms with Gasteiger partial charge in [0, 0.05) is 40.5 Å². The fourth-order valence-corrected chi connectivity index (χ4v) is 4.81. The van der Waals surface area contributed by atoms with Crippen LogP contribution in [0.3, 0.4) is 0 Å². The average Bonchev–Trinajstić information content (AvgIpc) is 2.90. The second-order valence-electron chi connectivity index (χ2n) is 10.5. The zero-order valence-electron chi connectivity index (χ0n) is 22.9. The first-order chi connectivity index (χ1) is 19.5. The summed E-state index contributed by atoms with van der Waals surface area (Å²) >= 11 is 12.7. The standard InChI is InChI=1S/C32H30Cl2N2O5/c1-32(2,3)41-29(38)14-11-20-9-12-24(13-10-20)35-28(37)16-22-15-27(31(39)40-19-21-7-5-4-6-8-21)36-26-18-23(33)17-25(34)30(22)26/h4-14,16-18,27,36H,15,19H2,1-3H3,(H,35,37)/b14-11+,22-16+. The largest absolute Gasteiger partial charge is 0.459 e. The van der Waals surface area contributed by atoms with E-state index >= 15 is 0 Å². The Balaban J connectivity index is 1.47. The summed E-state index contributed by atoms with van der Waals surface area (Å²) in [5.74, 6) is -1.30. The maximum atomic E-state index is 13.0. The summed E-state index contributed by atoms with van der Waals surface area (Å²) in [5, 5.41) is 6.73. The number of fused-ring (bicyclic) bond motifs is 1. The highest BCUT2D eigenvalue weighted by atomic mass is 35.5. The number of hydrogen-bond acceptors (Lipinski definition) is 6. The molecule has 2 N–H and O–H groups in total. The predicted octanol–water partition coefficient (Wildman–Crippen LogP) is 7.30. The smallest absolute Gasteiger partial charge is 0.331 e. The molecule has 1 aliphatic heterocycles. The van der Waals surface area contributed by atoms with Gasteiger partial charge in [0.25, 0.3) is 0 Å². The van der Waals surface area contributed by atoms with E-state index in [1.807, 2.05) is 30.3 Å². The Hall–Kier alpha value is -4.07. The Morgan fingerprint density at radius 3 is 2.41 bits per heavy atom. The van der Waals surface area contributed by atoms with Gasteiger partial charge in [-0.1, -0.05) is 65.7 Å². The van der Waals surface area contributed by atoms with Gasteiger partial charge >= 0.3 is 11.9 Å². The van der Waals surface area contributed by atoms with Gasteiger partial charge in [-0.15, -0.1) is 0 Å². The third-order valence-electron chi connectivity index (χ3n) is 5.94. The molecule has 0 bridgehead atoms. The number of rotatable bonds is 7. The molecule has 41 heavy (non-hydrogen) atoms. The van der Waals surface area contributed by atoms with Crippen LogP contribution in [0.1, 0.15) is 43.9 Å². The maximum Gasteiger partial charge on any atom is 0.331 e. The van der Waals surface area contributed by atoms with Crippen molar-refractivity contribution in [2.75, 3.05) is 10.6 Å². The lowest BCUT2D eigenvalue weighted by Gasteiger charge is -2.28. The van der Waals surface area contributed by atoms with Crippen LogP contribution >= 0.6 is 23.2 Å². The van der Waals surface area contributed by atoms with Gasteiger partial charge in [0.1, 0.15) is 18.2 Å². The maximum absolute atomic E-state index is 13.0. The van der Waals surface area contributed by atoms with Crippen LogP contribution in [-0.2, 0) is 30.5 Å². The van der Waals surface area contributed by atoms with Crippen LogP contribution in [0.15, 0.2) is 78.9 Å². The van der Waals surface area contributed by atoms with E-state index in [1.165, 1.54) is 12.2 Å². The molecule has 0 saturated heterocycles. The Bertz CT molecular complexity index is 1490. The molecule has 9 heteroatoms. The first kappa shape index (κ1) is 29.9. The van der Waals surface area contributed by atoms with Gasteiger partial charge < -0.3 is 20.1 Å². The number of carbonyl (C=O) groups is 3. The highest BCUT2D eigenvalue weighted by Crippen LogP contribution is 2.40. The number of esters is 2. The van der Waals surface area contributed by atoms with Crippen molar-refractivity contribution in [3.8, 4) is 0 Å². The van der Waals surface area contributed by atoms with Crippen molar-refractivity contribution in [1.29, 1.82) is 0 Å². The molecule has 0 radical (unpaired) electrons. The average molecular weight is 594 g/mol. The summed E-state index contributed by atoms with van der Waals surface area (Å²) in [6.45, 7) is 5.53. The zero-order chi connectivity index (χ0) is 29.6. The molecule has 4 rings (SSSR count). The van der Waals surface area contributed by atoms with Crippen LogP contribution in [0.25, 0.3) is 11.6 Å². The molecule has 0 spiro atoms. The van der Waals surface area contributed by atoms with Crippen molar-refractivity contribution in [3.63, 3.8) is 0 Å². The van der Waals surface area contributed by atoms with Crippen molar-refractivity contribution >= 4 is 64.1 Å². The van der Waals surface area contributed by atoms with E-state index in [0.29, 0.717) is 32.6 Å². The number of hydrogen-bond donors (Lipinski definition) is 2. The van der Waals surface area contributed by atoms with Gasteiger partial charge in [-0.2, -0.15) is 0 Å². The lowest BCUT2D eigenvalue weighted by molar-refractivity contribution is -0.148. The molecule has 0 aliphatic carbocycles. The minimum absolute atomic E-state index is 0.128. The van der Waals surface area contributed by atoms with E-state index in [0.717, 1.165) is 11.1 Å². The molecular formula is C32H30Cl2N2O5. The predicted molar refractivity (Wildman–Crippen MR) is 163 cm³/mol. The number of ether oxygens (including phenoxy) is 2. The first-order valence-electron chi connectivity index (χ1n) is 13.0. The van der Waals surface area contributed by atoms with Crippen LogP contribution in [0, 0.1) is 0 Å². The zero-order valence-corrected chi connectivity index (χ0v) is 24.4. The van der Waals surface area contributed by atoms with E-state index in [4.69, 9.17) is 32.7 Å². The minimum Gasteiger partial charge on any atom is -0.459 e. The van der Waals surface area contributed by atoms with Crippen LogP contribution in [0.5, 0.6) is 0 Å². The van der Waals surface area contributed by atoms with Crippen LogP contribution in [0.2, 0.25) is 10.0 Å². The Morgan fingerprint density at radius 2 is 1.73 bits per heavy atom. The van der Waals surface area contributed by atoms with Crippen molar-refractivity contribution in [2.24, 2.45) is 0 Å². The van der Waals surface area contributed by atoms with Gasteiger partial charge in [0.2, 0.25) is 5.91 Å². The number of benzene rings is 3. The Morgan fingerprint density at radius 1 is 1.02 bits per heavy atom. The monoisotopic (exact) mass is 592 g/mol. The summed E-state index contributed by atoms with van der Waals surface area (Å²) in [6, 6.07) is 18.9. The molecule has 1 heterocycles. The molecule has 0 aromatic heterocycles. The highest BCUT2D eigenvalue weighted by Gasteiger charge is 2.30. The Kier molecular flexibility index (Phi) is 9.53. The fraction of sp³-hybridized carbons (Fsp3) is 0.219. The summed E-state index contributed by atoms with van der Waals surface area (Å²) in [4.78, 5) is 37.9. The van der Waals surface area contributed by atoms with Crippen molar-refractivity contribution in [3.05, 3.63) is 106 Å².